The van der Waals surface area contributed by atoms with Crippen LogP contribution >= 0.6 is 0 Å². The predicted molar refractivity (Wildman–Crippen MR) is 73.2 cm³/mol. The van der Waals surface area contributed by atoms with Gasteiger partial charge in [0.2, 0.25) is 5.91 Å². The highest BCUT2D eigenvalue weighted by Gasteiger charge is 2.34. The summed E-state index contributed by atoms with van der Waals surface area (Å²) in [7, 11) is 0. The van der Waals surface area contributed by atoms with E-state index in [0.717, 1.165) is 19.3 Å². The largest absolute Gasteiger partial charge is 0.479 e. The summed E-state index contributed by atoms with van der Waals surface area (Å²) >= 11 is 0. The van der Waals surface area contributed by atoms with Crippen LogP contribution < -0.4 is 10.6 Å². The number of piperidine rings is 1. The lowest BCUT2D eigenvalue weighted by Gasteiger charge is -2.39. The van der Waals surface area contributed by atoms with Crippen LogP contribution in [-0.4, -0.2) is 46.8 Å². The Bertz CT molecular complexity index is 361. The monoisotopic (exact) mass is 284 g/mol. The molecule has 0 aromatic heterocycles. The van der Waals surface area contributed by atoms with Gasteiger partial charge in [-0.1, -0.05) is 12.8 Å². The number of nitrogens with one attached hydrogen (secondary N) is 2. The van der Waals surface area contributed by atoms with E-state index in [1.807, 2.05) is 0 Å². The van der Waals surface area contributed by atoms with Gasteiger partial charge in [0.25, 0.3) is 0 Å². The number of hydrogen-bond acceptors (Lipinski definition) is 4. The highest BCUT2D eigenvalue weighted by molar-refractivity contribution is 5.82. The molecule has 3 unspecified atom stereocenters. The second kappa shape index (κ2) is 7.04. The number of aliphatic carboxylic acids is 1. The van der Waals surface area contributed by atoms with Crippen LogP contribution in [0.15, 0.2) is 0 Å². The molecule has 114 valence electrons. The normalized spacial score (nSPS) is 31.1. The van der Waals surface area contributed by atoms with Gasteiger partial charge in [-0.15, -0.1) is 0 Å². The van der Waals surface area contributed by atoms with Gasteiger partial charge in [-0.2, -0.15) is 0 Å². The van der Waals surface area contributed by atoms with Gasteiger partial charge in [0.05, 0.1) is 6.04 Å². The minimum absolute atomic E-state index is 0.0415. The number of carboxylic acids is 1. The molecule has 1 aliphatic carbocycles. The summed E-state index contributed by atoms with van der Waals surface area (Å²) in [6.45, 7) is 0.193. The molecular weight excluding hydrogens is 260 g/mol. The summed E-state index contributed by atoms with van der Waals surface area (Å²) in [5, 5.41) is 23.8. The van der Waals surface area contributed by atoms with E-state index < -0.39 is 12.1 Å². The maximum Gasteiger partial charge on any atom is 0.332 e. The van der Waals surface area contributed by atoms with Crippen molar-refractivity contribution in [2.24, 2.45) is 5.92 Å². The fraction of sp³-hybridized carbons (Fsp3) is 0.857. The Morgan fingerprint density at radius 1 is 1.20 bits per heavy atom. The van der Waals surface area contributed by atoms with Crippen LogP contribution in [0.3, 0.4) is 0 Å². The molecule has 0 aromatic rings. The molecule has 6 heteroatoms. The van der Waals surface area contributed by atoms with E-state index in [9.17, 15) is 9.59 Å². The fourth-order valence-corrected chi connectivity index (χ4v) is 3.28. The van der Waals surface area contributed by atoms with E-state index in [1.54, 1.807) is 0 Å². The number of aliphatic hydroxyl groups is 1. The third kappa shape index (κ3) is 3.93. The smallest absolute Gasteiger partial charge is 0.332 e. The van der Waals surface area contributed by atoms with Gasteiger partial charge in [0.15, 0.2) is 6.10 Å². The first-order valence-electron chi connectivity index (χ1n) is 7.52. The van der Waals surface area contributed by atoms with Crippen molar-refractivity contribution < 1.29 is 19.8 Å². The maximum absolute atomic E-state index is 12.0. The van der Waals surface area contributed by atoms with Crippen LogP contribution in [0.1, 0.15) is 44.9 Å². The molecule has 1 aliphatic heterocycles. The molecule has 1 amide bonds. The van der Waals surface area contributed by atoms with Gasteiger partial charge >= 0.3 is 5.97 Å². The molecular formula is C14H24N2O4. The van der Waals surface area contributed by atoms with Crippen LogP contribution in [0.5, 0.6) is 0 Å². The van der Waals surface area contributed by atoms with Crippen molar-refractivity contribution in [3.63, 3.8) is 0 Å². The lowest BCUT2D eigenvalue weighted by molar-refractivity contribution is -0.147. The zero-order valence-corrected chi connectivity index (χ0v) is 11.7. The maximum atomic E-state index is 12.0. The topological polar surface area (TPSA) is 98.7 Å². The first-order valence-corrected chi connectivity index (χ1v) is 7.52. The number of carboxylic acid groups (broad SMARTS) is 1. The minimum Gasteiger partial charge on any atom is -0.479 e. The third-order valence-electron chi connectivity index (χ3n) is 4.47. The van der Waals surface area contributed by atoms with E-state index in [1.165, 1.54) is 19.3 Å². The molecule has 1 saturated carbocycles. The highest BCUT2D eigenvalue weighted by atomic mass is 16.4. The zero-order chi connectivity index (χ0) is 14.5. The van der Waals surface area contributed by atoms with Crippen molar-refractivity contribution in [3.05, 3.63) is 0 Å². The molecule has 1 saturated heterocycles. The van der Waals surface area contributed by atoms with Crippen molar-refractivity contribution in [3.8, 4) is 0 Å². The molecule has 4 atom stereocenters. The van der Waals surface area contributed by atoms with E-state index in [4.69, 9.17) is 10.2 Å². The summed E-state index contributed by atoms with van der Waals surface area (Å²) in [5.41, 5.74) is 0. The molecule has 0 aromatic carbocycles. The molecule has 2 fully saturated rings. The summed E-state index contributed by atoms with van der Waals surface area (Å²) in [5.74, 6) is -0.617. The molecule has 1 heterocycles. The van der Waals surface area contributed by atoms with Gasteiger partial charge in [-0.25, -0.2) is 4.79 Å². The summed E-state index contributed by atoms with van der Waals surface area (Å²) < 4.78 is 0. The van der Waals surface area contributed by atoms with Crippen molar-refractivity contribution in [1.82, 2.24) is 10.6 Å². The Hall–Kier alpha value is -1.14. The molecule has 4 N–H and O–H groups in total. The van der Waals surface area contributed by atoms with E-state index >= 15 is 0 Å². The van der Waals surface area contributed by atoms with Crippen molar-refractivity contribution >= 4 is 11.9 Å². The Kier molecular flexibility index (Phi) is 5.37. The van der Waals surface area contributed by atoms with Crippen LogP contribution in [0.2, 0.25) is 0 Å². The van der Waals surface area contributed by atoms with Crippen molar-refractivity contribution in [2.45, 2.75) is 63.1 Å². The fourth-order valence-electron chi connectivity index (χ4n) is 3.28. The molecule has 0 spiro atoms. The summed E-state index contributed by atoms with van der Waals surface area (Å²) in [6.07, 6.45) is 5.50. The number of carbonyl (C=O) groups excluding carboxylic acids is 1. The number of aliphatic hydroxyl groups excluding tert-OH is 1. The average molecular weight is 284 g/mol. The third-order valence-corrected chi connectivity index (χ3v) is 4.47. The predicted octanol–water partition coefficient (Wildman–Crippen LogP) is 0.249. The van der Waals surface area contributed by atoms with Gasteiger partial charge in [0.1, 0.15) is 0 Å². The van der Waals surface area contributed by atoms with Gasteiger partial charge in [-0.05, 0) is 31.6 Å². The summed E-state index contributed by atoms with van der Waals surface area (Å²) in [4.78, 5) is 22.5. The number of hydrogen-bond donors (Lipinski definition) is 4. The number of amides is 1. The standard InChI is InChI=1S/C14H24N2O4/c17-12(14(19)20)7-8-15-13(18)11-6-5-9-3-1-2-4-10(9)16-11/h9-12,16-17H,1-8H2,(H,15,18)(H,19,20)/t9?,10?,11?,12-/m0/s1. The molecule has 2 rings (SSSR count). The molecule has 2 aliphatic rings. The lowest BCUT2D eigenvalue weighted by Crippen LogP contribution is -2.55. The quantitative estimate of drug-likeness (QED) is 0.580. The second-order valence-corrected chi connectivity index (χ2v) is 5.88. The van der Waals surface area contributed by atoms with E-state index in [0.29, 0.717) is 12.0 Å². The number of rotatable bonds is 5. The van der Waals surface area contributed by atoms with Gasteiger partial charge in [-0.3, -0.25) is 4.79 Å². The molecule has 0 bridgehead atoms. The van der Waals surface area contributed by atoms with Crippen molar-refractivity contribution in [1.29, 1.82) is 0 Å². The van der Waals surface area contributed by atoms with Crippen LogP contribution in [0.25, 0.3) is 0 Å². The first-order chi connectivity index (χ1) is 9.58. The lowest BCUT2D eigenvalue weighted by atomic mass is 9.77. The molecule has 0 radical (unpaired) electrons. The second-order valence-electron chi connectivity index (χ2n) is 5.88. The average Bonchev–Trinajstić information content (AvgIpc) is 2.46. The minimum atomic E-state index is -1.41. The van der Waals surface area contributed by atoms with E-state index in [2.05, 4.69) is 10.6 Å². The molecule has 20 heavy (non-hydrogen) atoms. The Morgan fingerprint density at radius 3 is 2.70 bits per heavy atom. The van der Waals surface area contributed by atoms with Crippen LogP contribution in [-0.2, 0) is 9.59 Å². The number of fused-ring (bicyclic) bond motifs is 1. The van der Waals surface area contributed by atoms with Gasteiger partial charge in [0, 0.05) is 19.0 Å². The van der Waals surface area contributed by atoms with Gasteiger partial charge < -0.3 is 20.8 Å². The van der Waals surface area contributed by atoms with Crippen LogP contribution in [0.4, 0.5) is 0 Å². The Morgan fingerprint density at radius 2 is 1.95 bits per heavy atom. The van der Waals surface area contributed by atoms with Crippen molar-refractivity contribution in [2.75, 3.05) is 6.54 Å². The highest BCUT2D eigenvalue weighted by Crippen LogP contribution is 2.32. The SMILES string of the molecule is O=C(NCC[C@H](O)C(=O)O)C1CCC2CCCCC2N1. The Balaban J connectivity index is 1.71. The summed E-state index contributed by atoms with van der Waals surface area (Å²) in [6, 6.07) is 0.286. The Labute approximate surface area is 118 Å². The first kappa shape index (κ1) is 15.3. The number of carbonyl (C=O) groups is 2. The van der Waals surface area contributed by atoms with E-state index in [-0.39, 0.29) is 24.9 Å². The van der Waals surface area contributed by atoms with Crippen LogP contribution in [0, 0.1) is 5.92 Å². The zero-order valence-electron chi connectivity index (χ0n) is 11.7. The molecule has 6 nitrogen and oxygen atoms in total.